The van der Waals surface area contributed by atoms with Crippen LogP contribution in [-0.4, -0.2) is 26.2 Å². The molecule has 0 aliphatic rings. The molecule has 0 unspecified atom stereocenters. The van der Waals surface area contributed by atoms with Crippen LogP contribution in [0.3, 0.4) is 0 Å². The number of nitrogens with one attached hydrogen (secondary N) is 4. The van der Waals surface area contributed by atoms with Crippen molar-refractivity contribution in [3.05, 3.63) is 22.9 Å². The van der Waals surface area contributed by atoms with Crippen LogP contribution in [0.5, 0.6) is 0 Å². The fourth-order valence-corrected chi connectivity index (χ4v) is 0. The van der Waals surface area contributed by atoms with E-state index >= 15 is 0 Å². The van der Waals surface area contributed by atoms with Crippen LogP contribution in [0.1, 0.15) is 53.4 Å². The summed E-state index contributed by atoms with van der Waals surface area (Å²) in [7, 11) is 0. The standard InChI is InChI=1S/4C3H8N.V/c4*1-2-3-4;/h4*4H,2-3H2,1H3;/q4*-1;+4. The summed E-state index contributed by atoms with van der Waals surface area (Å²) < 4.78 is 0. The molecule has 0 aliphatic heterocycles. The van der Waals surface area contributed by atoms with Gasteiger partial charge in [0.25, 0.3) is 0 Å². The zero-order valence-corrected chi connectivity index (χ0v) is 13.5. The van der Waals surface area contributed by atoms with E-state index in [-0.39, 0.29) is 18.6 Å². The van der Waals surface area contributed by atoms with Gasteiger partial charge in [-0.15, -0.1) is 0 Å². The van der Waals surface area contributed by atoms with E-state index < -0.39 is 0 Å². The molecule has 0 aromatic heterocycles. The van der Waals surface area contributed by atoms with E-state index in [2.05, 4.69) is 0 Å². The molecule has 0 rings (SSSR count). The Labute approximate surface area is 121 Å². The molecule has 0 aromatic carbocycles. The Bertz CT molecular complexity index is 42.5. The molecule has 0 spiro atoms. The van der Waals surface area contributed by atoms with Gasteiger partial charge in [-0.05, 0) is 0 Å². The summed E-state index contributed by atoms with van der Waals surface area (Å²) >= 11 is 0. The molecule has 0 aromatic rings. The van der Waals surface area contributed by atoms with Crippen LogP contribution < -0.4 is 0 Å². The third kappa shape index (κ3) is 175. The molecule has 0 atom stereocenters. The third-order valence-electron chi connectivity index (χ3n) is 1.000. The minimum atomic E-state index is 0. The van der Waals surface area contributed by atoms with Gasteiger partial charge in [-0.3, -0.25) is 0 Å². The average molecular weight is 283 g/mol. The van der Waals surface area contributed by atoms with Crippen molar-refractivity contribution in [2.24, 2.45) is 0 Å². The molecule has 0 bridgehead atoms. The van der Waals surface area contributed by atoms with Crippen LogP contribution >= 0.6 is 0 Å². The van der Waals surface area contributed by atoms with E-state index in [1.165, 1.54) is 0 Å². The van der Waals surface area contributed by atoms with Crippen molar-refractivity contribution in [1.82, 2.24) is 0 Å². The maximum absolute atomic E-state index is 6.45. The minimum Gasteiger partial charge on any atom is -0.677 e. The van der Waals surface area contributed by atoms with Gasteiger partial charge in [0.2, 0.25) is 0 Å². The molecular weight excluding hydrogens is 251 g/mol. The molecule has 0 saturated heterocycles. The van der Waals surface area contributed by atoms with Gasteiger partial charge in [-0.1, -0.05) is 53.4 Å². The summed E-state index contributed by atoms with van der Waals surface area (Å²) in [5.74, 6) is 0. The molecule has 4 N–H and O–H groups in total. The molecule has 17 heavy (non-hydrogen) atoms. The fraction of sp³-hybridized carbons (Fsp3) is 1.00. The van der Waals surface area contributed by atoms with Crippen LogP contribution in [0, 0.1) is 0 Å². The van der Waals surface area contributed by atoms with Gasteiger partial charge in [0, 0.05) is 0 Å². The Morgan fingerprint density at radius 1 is 0.471 bits per heavy atom. The van der Waals surface area contributed by atoms with Crippen LogP contribution in [-0.2, 0) is 18.6 Å². The number of hydrogen-bond acceptors (Lipinski definition) is 0. The van der Waals surface area contributed by atoms with E-state index in [4.69, 9.17) is 22.9 Å². The van der Waals surface area contributed by atoms with Crippen molar-refractivity contribution in [3.63, 3.8) is 0 Å². The second kappa shape index (κ2) is 55.1. The summed E-state index contributed by atoms with van der Waals surface area (Å²) in [5, 5.41) is 0. The Balaban J connectivity index is -0.0000000369. The predicted molar refractivity (Wildman–Crippen MR) is 77.9 cm³/mol. The van der Waals surface area contributed by atoms with E-state index in [1.54, 1.807) is 0 Å². The minimum absolute atomic E-state index is 0. The first kappa shape index (κ1) is 30.4. The zero-order valence-electron chi connectivity index (χ0n) is 12.1. The molecule has 0 aliphatic carbocycles. The van der Waals surface area contributed by atoms with Gasteiger partial charge in [-0.2, -0.15) is 26.2 Å². The first-order valence-corrected chi connectivity index (χ1v) is 6.24. The zero-order chi connectivity index (χ0) is 13.7. The molecule has 5 heteroatoms. The van der Waals surface area contributed by atoms with Crippen molar-refractivity contribution in [1.29, 1.82) is 0 Å². The summed E-state index contributed by atoms with van der Waals surface area (Å²) in [4.78, 5) is 0. The molecule has 0 saturated carbocycles. The summed E-state index contributed by atoms with van der Waals surface area (Å²) in [5.41, 5.74) is 25.8. The van der Waals surface area contributed by atoms with Gasteiger partial charge in [0.15, 0.2) is 0 Å². The van der Waals surface area contributed by atoms with E-state index in [0.29, 0.717) is 26.2 Å². The molecule has 1 radical (unpaired) electrons. The van der Waals surface area contributed by atoms with Crippen molar-refractivity contribution in [3.8, 4) is 0 Å². The third-order valence-corrected chi connectivity index (χ3v) is 1.000. The first-order valence-electron chi connectivity index (χ1n) is 6.24. The van der Waals surface area contributed by atoms with Gasteiger partial charge in [-0.25, -0.2) is 0 Å². The van der Waals surface area contributed by atoms with Gasteiger partial charge < -0.3 is 22.9 Å². The van der Waals surface area contributed by atoms with Crippen molar-refractivity contribution in [2.75, 3.05) is 26.2 Å². The maximum Gasteiger partial charge on any atom is 4.00 e. The van der Waals surface area contributed by atoms with Gasteiger partial charge in [0.05, 0.1) is 0 Å². The van der Waals surface area contributed by atoms with Crippen molar-refractivity contribution < 1.29 is 18.6 Å². The Morgan fingerprint density at radius 3 is 0.529 bits per heavy atom. The van der Waals surface area contributed by atoms with Crippen LogP contribution in [0.15, 0.2) is 0 Å². The second-order valence-electron chi connectivity index (χ2n) is 3.00. The Hall–Kier alpha value is 0.424. The van der Waals surface area contributed by atoms with Crippen molar-refractivity contribution >= 4 is 0 Å². The average Bonchev–Trinajstić information content (AvgIpc) is 2.39. The molecule has 0 heterocycles. The van der Waals surface area contributed by atoms with E-state index in [0.717, 1.165) is 25.7 Å². The van der Waals surface area contributed by atoms with Gasteiger partial charge in [0.1, 0.15) is 0 Å². The normalized spacial score (nSPS) is 7.06. The SMILES string of the molecule is CCC[NH-].CCC[NH-].CCC[NH-].CCC[NH-].[V+4]. The fourth-order valence-electron chi connectivity index (χ4n) is 0. The summed E-state index contributed by atoms with van der Waals surface area (Å²) in [6.45, 7) is 10.2. The monoisotopic (exact) mass is 283 g/mol. The summed E-state index contributed by atoms with van der Waals surface area (Å²) in [6.07, 6.45) is 3.94. The van der Waals surface area contributed by atoms with Crippen LogP contribution in [0.4, 0.5) is 0 Å². The topological polar surface area (TPSA) is 95.2 Å². The Kier molecular flexibility index (Phi) is 98.6. The molecule has 4 nitrogen and oxygen atoms in total. The maximum atomic E-state index is 6.45. The first-order chi connectivity index (χ1) is 7.66. The van der Waals surface area contributed by atoms with E-state index in [9.17, 15) is 0 Å². The molecule has 0 fully saturated rings. The Morgan fingerprint density at radius 2 is 0.529 bits per heavy atom. The quantitative estimate of drug-likeness (QED) is 0.624. The molecule has 0 amide bonds. The number of hydrogen-bond donors (Lipinski definition) is 0. The largest absolute Gasteiger partial charge is 4.00 e. The second-order valence-corrected chi connectivity index (χ2v) is 3.00. The van der Waals surface area contributed by atoms with Gasteiger partial charge >= 0.3 is 18.6 Å². The smallest absolute Gasteiger partial charge is 0.677 e. The predicted octanol–water partition coefficient (Wildman–Crippen LogP) is 5.79. The molecular formula is C12H32N4V. The summed E-state index contributed by atoms with van der Waals surface area (Å²) in [6, 6.07) is 0. The van der Waals surface area contributed by atoms with Crippen LogP contribution in [0.25, 0.3) is 22.9 Å². The van der Waals surface area contributed by atoms with Crippen molar-refractivity contribution in [2.45, 2.75) is 53.4 Å². The molecule has 105 valence electrons. The van der Waals surface area contributed by atoms with E-state index in [1.807, 2.05) is 27.7 Å². The number of rotatable bonds is 4. The van der Waals surface area contributed by atoms with Crippen LogP contribution in [0.2, 0.25) is 0 Å².